The molecule has 1 aromatic heterocycles. The predicted molar refractivity (Wildman–Crippen MR) is 86.2 cm³/mol. The minimum atomic E-state index is -0.666. The minimum absolute atomic E-state index is 0.291. The zero-order valence-corrected chi connectivity index (χ0v) is 13.1. The number of nitriles is 1. The highest BCUT2D eigenvalue weighted by Gasteiger charge is 2.32. The Bertz CT molecular complexity index is 622. The summed E-state index contributed by atoms with van der Waals surface area (Å²) in [5.74, 6) is 0.292. The molecule has 1 heterocycles. The number of benzene rings is 1. The Morgan fingerprint density at radius 3 is 2.36 bits per heavy atom. The summed E-state index contributed by atoms with van der Waals surface area (Å²) in [5, 5.41) is 9.87. The molecule has 0 saturated heterocycles. The average Bonchev–Trinajstić information content (AvgIpc) is 2.56. The van der Waals surface area contributed by atoms with Crippen LogP contribution in [0.1, 0.15) is 30.4 Å². The van der Waals surface area contributed by atoms with Gasteiger partial charge in [0.25, 0.3) is 0 Å². The van der Waals surface area contributed by atoms with Gasteiger partial charge in [0.2, 0.25) is 0 Å². The maximum Gasteiger partial charge on any atom is 0.123 e. The molecule has 0 spiro atoms. The Balaban J connectivity index is 2.33. The normalized spacial score (nSPS) is 13.3. The number of nitrogens with zero attached hydrogens (tertiary/aromatic N) is 2. The standard InChI is InChI=1S/C18H18ClFN2/c19-10-2-1-9-18(14-21,13-15-7-11-22-12-8-15)16-3-5-17(20)6-4-16/h3-8,11-12H,1-2,9-10,13H2. The van der Waals surface area contributed by atoms with Crippen LogP contribution in [0.4, 0.5) is 4.39 Å². The molecule has 0 amide bonds. The molecule has 1 aromatic carbocycles. The van der Waals surface area contributed by atoms with E-state index in [1.54, 1.807) is 24.5 Å². The number of hydrogen-bond acceptors (Lipinski definition) is 2. The molecule has 0 aliphatic rings. The van der Waals surface area contributed by atoms with Crippen LogP contribution in [0.15, 0.2) is 48.8 Å². The van der Waals surface area contributed by atoms with Gasteiger partial charge >= 0.3 is 0 Å². The molecule has 0 radical (unpaired) electrons. The van der Waals surface area contributed by atoms with E-state index in [2.05, 4.69) is 11.1 Å². The Labute approximate surface area is 135 Å². The Morgan fingerprint density at radius 2 is 1.77 bits per heavy atom. The number of alkyl halides is 1. The van der Waals surface area contributed by atoms with Gasteiger partial charge in [-0.3, -0.25) is 4.98 Å². The lowest BCUT2D eigenvalue weighted by Gasteiger charge is -2.27. The lowest BCUT2D eigenvalue weighted by Crippen LogP contribution is -2.27. The number of hydrogen-bond donors (Lipinski definition) is 0. The Morgan fingerprint density at radius 1 is 1.09 bits per heavy atom. The zero-order chi connectivity index (χ0) is 15.8. The zero-order valence-electron chi connectivity index (χ0n) is 12.3. The van der Waals surface area contributed by atoms with E-state index < -0.39 is 5.41 Å². The Hall–Kier alpha value is -1.92. The summed E-state index contributed by atoms with van der Waals surface area (Å²) in [6, 6.07) is 12.5. The molecule has 0 bridgehead atoms. The summed E-state index contributed by atoms with van der Waals surface area (Å²) in [6.07, 6.45) is 6.45. The second-order valence-electron chi connectivity index (χ2n) is 5.38. The van der Waals surface area contributed by atoms with Crippen LogP contribution >= 0.6 is 11.6 Å². The van der Waals surface area contributed by atoms with Crippen molar-refractivity contribution >= 4 is 11.6 Å². The Kier molecular flexibility index (Phi) is 5.91. The summed E-state index contributed by atoms with van der Waals surface area (Å²) >= 11 is 5.76. The third-order valence-corrected chi connectivity index (χ3v) is 4.12. The predicted octanol–water partition coefficient (Wildman–Crippen LogP) is 4.63. The van der Waals surface area contributed by atoms with Crippen molar-refractivity contribution in [2.24, 2.45) is 0 Å². The van der Waals surface area contributed by atoms with Gasteiger partial charge in [-0.25, -0.2) is 4.39 Å². The van der Waals surface area contributed by atoms with E-state index >= 15 is 0 Å². The molecule has 0 fully saturated rings. The summed E-state index contributed by atoms with van der Waals surface area (Å²) in [4.78, 5) is 4.01. The van der Waals surface area contributed by atoms with Gasteiger partial charge < -0.3 is 0 Å². The van der Waals surface area contributed by atoms with Crippen molar-refractivity contribution in [2.45, 2.75) is 31.1 Å². The highest BCUT2D eigenvalue weighted by atomic mass is 35.5. The molecule has 1 atom stereocenters. The van der Waals surface area contributed by atoms with E-state index in [0.29, 0.717) is 18.7 Å². The summed E-state index contributed by atoms with van der Waals surface area (Å²) in [5.41, 5.74) is 1.23. The molecular weight excluding hydrogens is 299 g/mol. The second kappa shape index (κ2) is 7.91. The third kappa shape index (κ3) is 4.05. The molecule has 22 heavy (non-hydrogen) atoms. The first-order valence-electron chi connectivity index (χ1n) is 7.32. The second-order valence-corrected chi connectivity index (χ2v) is 5.76. The molecule has 0 aliphatic carbocycles. The van der Waals surface area contributed by atoms with Crippen LogP contribution in [0, 0.1) is 17.1 Å². The van der Waals surface area contributed by atoms with Crippen molar-refractivity contribution in [2.75, 3.05) is 5.88 Å². The van der Waals surface area contributed by atoms with E-state index in [1.165, 1.54) is 12.1 Å². The number of halogens is 2. The van der Waals surface area contributed by atoms with Gasteiger partial charge in [-0.2, -0.15) is 5.26 Å². The van der Waals surface area contributed by atoms with E-state index in [4.69, 9.17) is 11.6 Å². The molecule has 0 saturated carbocycles. The van der Waals surface area contributed by atoms with Crippen LogP contribution in [0.3, 0.4) is 0 Å². The summed E-state index contributed by atoms with van der Waals surface area (Å²) in [7, 11) is 0. The SMILES string of the molecule is N#CC(CCCCCl)(Cc1ccncc1)c1ccc(F)cc1. The van der Waals surface area contributed by atoms with Crippen LogP contribution < -0.4 is 0 Å². The number of unbranched alkanes of at least 4 members (excludes halogenated alkanes) is 1. The molecule has 0 aliphatic heterocycles. The highest BCUT2D eigenvalue weighted by molar-refractivity contribution is 6.17. The molecule has 2 rings (SSSR count). The molecule has 4 heteroatoms. The van der Waals surface area contributed by atoms with Gasteiger partial charge in [0.05, 0.1) is 11.5 Å². The van der Waals surface area contributed by atoms with Crippen molar-refractivity contribution in [3.63, 3.8) is 0 Å². The fraction of sp³-hybridized carbons (Fsp3) is 0.333. The van der Waals surface area contributed by atoms with Gasteiger partial charge in [-0.1, -0.05) is 18.6 Å². The van der Waals surface area contributed by atoms with Crippen LogP contribution in [0.25, 0.3) is 0 Å². The first-order valence-corrected chi connectivity index (χ1v) is 7.86. The van der Waals surface area contributed by atoms with E-state index in [9.17, 15) is 9.65 Å². The lowest BCUT2D eigenvalue weighted by molar-refractivity contribution is 0.475. The van der Waals surface area contributed by atoms with Crippen molar-refractivity contribution in [1.29, 1.82) is 5.26 Å². The summed E-state index contributed by atoms with van der Waals surface area (Å²) < 4.78 is 13.2. The summed E-state index contributed by atoms with van der Waals surface area (Å²) in [6.45, 7) is 0. The average molecular weight is 317 g/mol. The topological polar surface area (TPSA) is 36.7 Å². The fourth-order valence-corrected chi connectivity index (χ4v) is 2.82. The lowest BCUT2D eigenvalue weighted by atomic mass is 9.73. The van der Waals surface area contributed by atoms with Crippen molar-refractivity contribution in [1.82, 2.24) is 4.98 Å². The first-order chi connectivity index (χ1) is 10.7. The van der Waals surface area contributed by atoms with Crippen molar-refractivity contribution in [3.05, 3.63) is 65.7 Å². The maximum absolute atomic E-state index is 13.2. The molecule has 2 nitrogen and oxygen atoms in total. The van der Waals surface area contributed by atoms with Crippen molar-refractivity contribution in [3.8, 4) is 6.07 Å². The van der Waals surface area contributed by atoms with Gasteiger partial charge in [0.15, 0.2) is 0 Å². The van der Waals surface area contributed by atoms with Gasteiger partial charge in [0, 0.05) is 18.3 Å². The fourth-order valence-electron chi connectivity index (χ4n) is 2.63. The van der Waals surface area contributed by atoms with E-state index in [0.717, 1.165) is 24.0 Å². The van der Waals surface area contributed by atoms with Gasteiger partial charge in [0.1, 0.15) is 5.82 Å². The highest BCUT2D eigenvalue weighted by Crippen LogP contribution is 2.33. The van der Waals surface area contributed by atoms with Crippen LogP contribution in [-0.4, -0.2) is 10.9 Å². The first kappa shape index (κ1) is 16.5. The minimum Gasteiger partial charge on any atom is -0.265 e. The molecule has 1 unspecified atom stereocenters. The monoisotopic (exact) mass is 316 g/mol. The third-order valence-electron chi connectivity index (χ3n) is 3.85. The number of aromatic nitrogens is 1. The number of pyridine rings is 1. The van der Waals surface area contributed by atoms with Crippen LogP contribution in [0.5, 0.6) is 0 Å². The largest absolute Gasteiger partial charge is 0.265 e. The quantitative estimate of drug-likeness (QED) is 0.551. The van der Waals surface area contributed by atoms with E-state index in [-0.39, 0.29) is 5.82 Å². The van der Waals surface area contributed by atoms with Crippen LogP contribution in [0.2, 0.25) is 0 Å². The number of rotatable bonds is 7. The molecule has 2 aromatic rings. The van der Waals surface area contributed by atoms with Crippen LogP contribution in [-0.2, 0) is 11.8 Å². The molecule has 114 valence electrons. The maximum atomic E-state index is 13.2. The van der Waals surface area contributed by atoms with Crippen molar-refractivity contribution < 1.29 is 4.39 Å². The molecular formula is C18H18ClFN2. The molecule has 0 N–H and O–H groups in total. The van der Waals surface area contributed by atoms with Gasteiger partial charge in [-0.05, 0) is 54.7 Å². The van der Waals surface area contributed by atoms with E-state index in [1.807, 2.05) is 12.1 Å². The smallest absolute Gasteiger partial charge is 0.123 e. The van der Waals surface area contributed by atoms with Gasteiger partial charge in [-0.15, -0.1) is 11.6 Å².